The minimum absolute atomic E-state index is 0.333. The molecular formula is C49H33B4N. The Morgan fingerprint density at radius 1 is 0.407 bits per heavy atom. The zero-order valence-corrected chi connectivity index (χ0v) is 30.3. The average molecular weight is 679 g/mol. The van der Waals surface area contributed by atoms with Gasteiger partial charge in [-0.15, -0.1) is 10.9 Å². The summed E-state index contributed by atoms with van der Waals surface area (Å²) in [5.74, 6) is 0. The van der Waals surface area contributed by atoms with E-state index in [0.717, 1.165) is 56.0 Å². The van der Waals surface area contributed by atoms with Gasteiger partial charge in [0.25, 0.3) is 0 Å². The molecule has 0 saturated carbocycles. The summed E-state index contributed by atoms with van der Waals surface area (Å²) in [6.45, 7) is 4.36. The van der Waals surface area contributed by atoms with Crippen LogP contribution in [0.4, 0.5) is 17.1 Å². The highest BCUT2D eigenvalue weighted by Crippen LogP contribution is 2.50. The van der Waals surface area contributed by atoms with Crippen LogP contribution in [-0.2, 0) is 5.41 Å². The zero-order chi connectivity index (χ0) is 37.1. The lowest BCUT2D eigenvalue weighted by molar-refractivity contribution is 0.665. The van der Waals surface area contributed by atoms with Gasteiger partial charge in [0.05, 0.1) is 5.69 Å². The highest BCUT2D eigenvalue weighted by atomic mass is 15.1. The molecule has 8 aromatic carbocycles. The Hall–Kier alpha value is -5.92. The topological polar surface area (TPSA) is 3.24 Å². The number of rotatable bonds is 6. The molecule has 8 aromatic rings. The van der Waals surface area contributed by atoms with Crippen LogP contribution < -0.4 is 26.8 Å². The summed E-state index contributed by atoms with van der Waals surface area (Å²) in [6, 6.07) is 58.4. The molecule has 0 aliphatic heterocycles. The van der Waals surface area contributed by atoms with Crippen molar-refractivity contribution in [3.8, 4) is 44.5 Å². The SMILES string of the molecule is [B]c1c([B])c([B])c2c(c1[B])-c1ccc(N(c3ccc(-c4ccc(-c5ccccc5)c5ccccc45)cc3)c3ccccc3-c3ccccc3)cc1C2(C)C. The maximum absolute atomic E-state index is 6.69. The number of para-hydroxylation sites is 1. The van der Waals surface area contributed by atoms with E-state index < -0.39 is 5.41 Å². The largest absolute Gasteiger partial charge is 0.310 e. The van der Waals surface area contributed by atoms with E-state index in [2.05, 4.69) is 183 Å². The summed E-state index contributed by atoms with van der Waals surface area (Å²) in [7, 11) is 26.1. The third-order valence-electron chi connectivity index (χ3n) is 11.2. The second-order valence-electron chi connectivity index (χ2n) is 14.6. The van der Waals surface area contributed by atoms with Gasteiger partial charge >= 0.3 is 0 Å². The van der Waals surface area contributed by atoms with Crippen LogP contribution >= 0.6 is 0 Å². The van der Waals surface area contributed by atoms with Crippen LogP contribution in [0.25, 0.3) is 55.3 Å². The van der Waals surface area contributed by atoms with Crippen molar-refractivity contribution in [1.29, 1.82) is 0 Å². The van der Waals surface area contributed by atoms with Crippen molar-refractivity contribution in [3.05, 3.63) is 175 Å². The van der Waals surface area contributed by atoms with Gasteiger partial charge < -0.3 is 4.90 Å². The molecule has 1 nitrogen and oxygen atoms in total. The molecule has 0 aromatic heterocycles. The van der Waals surface area contributed by atoms with Crippen molar-refractivity contribution in [2.75, 3.05) is 4.90 Å². The number of benzene rings is 8. The van der Waals surface area contributed by atoms with Gasteiger partial charge in [-0.05, 0) is 91.2 Å². The van der Waals surface area contributed by atoms with Crippen molar-refractivity contribution in [2.24, 2.45) is 0 Å². The fourth-order valence-electron chi connectivity index (χ4n) is 8.47. The molecule has 0 N–H and O–H groups in total. The minimum atomic E-state index is -0.470. The summed E-state index contributed by atoms with van der Waals surface area (Å²) in [6.07, 6.45) is 0. The molecule has 0 unspecified atom stereocenters. The molecule has 1 aliphatic rings. The molecule has 246 valence electrons. The van der Waals surface area contributed by atoms with Crippen molar-refractivity contribution in [3.63, 3.8) is 0 Å². The van der Waals surface area contributed by atoms with Crippen molar-refractivity contribution < 1.29 is 0 Å². The monoisotopic (exact) mass is 679 g/mol. The molecule has 9 rings (SSSR count). The van der Waals surface area contributed by atoms with Gasteiger partial charge in [0, 0.05) is 22.4 Å². The Morgan fingerprint density at radius 2 is 0.889 bits per heavy atom. The van der Waals surface area contributed by atoms with Gasteiger partial charge in [-0.3, -0.25) is 0 Å². The van der Waals surface area contributed by atoms with Crippen LogP contribution in [0.2, 0.25) is 0 Å². The van der Waals surface area contributed by atoms with Crippen LogP contribution in [0.5, 0.6) is 0 Å². The van der Waals surface area contributed by atoms with Crippen molar-refractivity contribution in [2.45, 2.75) is 19.3 Å². The maximum Gasteiger partial charge on any atom is 0.113 e. The highest BCUT2D eigenvalue weighted by molar-refractivity contribution is 6.64. The molecule has 0 fully saturated rings. The lowest BCUT2D eigenvalue weighted by Crippen LogP contribution is -2.50. The second-order valence-corrected chi connectivity index (χ2v) is 14.6. The molecule has 0 spiro atoms. The van der Waals surface area contributed by atoms with E-state index in [9.17, 15) is 0 Å². The van der Waals surface area contributed by atoms with Gasteiger partial charge in [-0.2, -0.15) is 0 Å². The van der Waals surface area contributed by atoms with Crippen LogP contribution in [0.3, 0.4) is 0 Å². The lowest BCUT2D eigenvalue weighted by Gasteiger charge is -2.30. The van der Waals surface area contributed by atoms with E-state index >= 15 is 0 Å². The van der Waals surface area contributed by atoms with Gasteiger partial charge in [-0.25, -0.2) is 0 Å². The Morgan fingerprint density at radius 3 is 1.52 bits per heavy atom. The number of anilines is 3. The second kappa shape index (κ2) is 13.2. The average Bonchev–Trinajstić information content (AvgIpc) is 3.46. The number of nitrogens with zero attached hydrogens (tertiary/aromatic N) is 1. The van der Waals surface area contributed by atoms with E-state index in [1.54, 1.807) is 0 Å². The van der Waals surface area contributed by atoms with Crippen LogP contribution in [-0.4, -0.2) is 31.4 Å². The summed E-state index contributed by atoms with van der Waals surface area (Å²) < 4.78 is 0. The van der Waals surface area contributed by atoms with Gasteiger partial charge in [0.1, 0.15) is 31.4 Å². The highest BCUT2D eigenvalue weighted by Gasteiger charge is 2.38. The van der Waals surface area contributed by atoms with E-state index in [-0.39, 0.29) is 0 Å². The number of fused-ring (bicyclic) bond motifs is 4. The molecular weight excluding hydrogens is 646 g/mol. The normalized spacial score (nSPS) is 12.7. The zero-order valence-electron chi connectivity index (χ0n) is 30.3. The Balaban J connectivity index is 1.21. The third kappa shape index (κ3) is 5.37. The van der Waals surface area contributed by atoms with E-state index in [1.165, 1.54) is 27.5 Å². The molecule has 0 atom stereocenters. The predicted molar refractivity (Wildman–Crippen MR) is 234 cm³/mol. The maximum atomic E-state index is 6.69. The smallest absolute Gasteiger partial charge is 0.113 e. The number of hydrogen-bond acceptors (Lipinski definition) is 1. The summed E-state index contributed by atoms with van der Waals surface area (Å²) >= 11 is 0. The molecule has 0 bridgehead atoms. The number of hydrogen-bond donors (Lipinski definition) is 0. The molecule has 8 radical (unpaired) electrons. The first-order chi connectivity index (χ1) is 26.2. The Kier molecular flexibility index (Phi) is 8.27. The Bertz CT molecular complexity index is 2720. The molecule has 54 heavy (non-hydrogen) atoms. The predicted octanol–water partition coefficient (Wildman–Crippen LogP) is 8.79. The molecule has 0 heterocycles. The van der Waals surface area contributed by atoms with Gasteiger partial charge in [0.15, 0.2) is 0 Å². The van der Waals surface area contributed by atoms with E-state index in [0.29, 0.717) is 21.9 Å². The first kappa shape index (κ1) is 33.9. The molecule has 1 aliphatic carbocycles. The fraction of sp³-hybridized carbons (Fsp3) is 0.0612. The van der Waals surface area contributed by atoms with Crippen molar-refractivity contribution >= 4 is 81.1 Å². The standard InChI is InChI=1S/C49H33B4N/c1-49(2)41-29-34(25-26-40(41)43-44(49)46(51)48(53)47(52)45(43)50)54(42-20-12-11-17-37(42)31-15-7-4-8-16-31)33-23-21-32(22-24-33)36-28-27-35(30-13-5-3-6-14-30)38-18-9-10-19-39(36)38/h3-29H,1-2H3. The fourth-order valence-corrected chi connectivity index (χ4v) is 8.47. The van der Waals surface area contributed by atoms with E-state index in [4.69, 9.17) is 31.4 Å². The van der Waals surface area contributed by atoms with Crippen molar-refractivity contribution in [1.82, 2.24) is 0 Å². The van der Waals surface area contributed by atoms with Crippen LogP contribution in [0, 0.1) is 0 Å². The van der Waals surface area contributed by atoms with Gasteiger partial charge in [-0.1, -0.05) is 158 Å². The summed E-state index contributed by atoms with van der Waals surface area (Å²) in [5.41, 5.74) is 15.3. The Labute approximate surface area is 323 Å². The lowest BCUT2D eigenvalue weighted by atomic mass is 9.61. The quantitative estimate of drug-likeness (QED) is 0.159. The van der Waals surface area contributed by atoms with Crippen LogP contribution in [0.15, 0.2) is 164 Å². The molecule has 0 amide bonds. The van der Waals surface area contributed by atoms with Gasteiger partial charge in [0.2, 0.25) is 0 Å². The third-order valence-corrected chi connectivity index (χ3v) is 11.2. The van der Waals surface area contributed by atoms with E-state index in [1.807, 2.05) is 0 Å². The summed E-state index contributed by atoms with van der Waals surface area (Å²) in [4.78, 5) is 2.34. The first-order valence-electron chi connectivity index (χ1n) is 18.3. The molecule has 0 saturated heterocycles. The van der Waals surface area contributed by atoms with Crippen LogP contribution in [0.1, 0.15) is 25.0 Å². The first-order valence-corrected chi connectivity index (χ1v) is 18.3. The minimum Gasteiger partial charge on any atom is -0.310 e. The summed E-state index contributed by atoms with van der Waals surface area (Å²) in [5, 5.41) is 2.45. The molecule has 5 heteroatoms.